The molecule has 2 rings (SSSR count). The third-order valence-corrected chi connectivity index (χ3v) is 3.19. The summed E-state index contributed by atoms with van der Waals surface area (Å²) in [4.78, 5) is 13.5. The van der Waals surface area contributed by atoms with Crippen molar-refractivity contribution in [3.63, 3.8) is 0 Å². The zero-order valence-corrected chi connectivity index (χ0v) is 13.3. The summed E-state index contributed by atoms with van der Waals surface area (Å²) in [5.74, 6) is 3.62. The molecule has 0 spiro atoms. The lowest BCUT2D eigenvalue weighted by atomic mass is 10.2. The summed E-state index contributed by atoms with van der Waals surface area (Å²) >= 11 is 3.44. The fourth-order valence-electron chi connectivity index (χ4n) is 1.74. The molecule has 2 heterocycles. The molecule has 0 atom stereocenters. The molecular weight excluding hydrogens is 306 g/mol. The van der Waals surface area contributed by atoms with Crippen molar-refractivity contribution in [2.24, 2.45) is 0 Å². The largest absolute Gasteiger partial charge is 0.226 e. The third kappa shape index (κ3) is 3.00. The summed E-state index contributed by atoms with van der Waals surface area (Å²) in [6.07, 6.45) is 1.65. The highest BCUT2D eigenvalue weighted by molar-refractivity contribution is 9.10. The lowest BCUT2D eigenvalue weighted by Crippen LogP contribution is -2.08. The Morgan fingerprint density at radius 2 is 1.89 bits per heavy atom. The summed E-state index contributed by atoms with van der Waals surface area (Å²) in [6, 6.07) is 1.87. The van der Waals surface area contributed by atoms with Crippen LogP contribution in [-0.4, -0.2) is 24.7 Å². The minimum absolute atomic E-state index is 0.274. The number of hydrogen-bond donors (Lipinski definition) is 0. The van der Waals surface area contributed by atoms with Gasteiger partial charge in [-0.3, -0.25) is 0 Å². The minimum atomic E-state index is 0.274. The molecule has 0 aliphatic rings. The van der Waals surface area contributed by atoms with Crippen molar-refractivity contribution in [3.8, 4) is 5.82 Å². The molecule has 0 fully saturated rings. The quantitative estimate of drug-likeness (QED) is 0.811. The molecule has 0 N–H and O–H groups in total. The van der Waals surface area contributed by atoms with Crippen LogP contribution in [0.4, 0.5) is 0 Å². The second kappa shape index (κ2) is 5.77. The first-order valence-corrected chi connectivity index (χ1v) is 7.34. The van der Waals surface area contributed by atoms with Gasteiger partial charge in [0.05, 0.1) is 0 Å². The second-order valence-corrected chi connectivity index (χ2v) is 5.44. The number of aromatic nitrogens is 5. The summed E-state index contributed by atoms with van der Waals surface area (Å²) < 4.78 is 2.59. The van der Waals surface area contributed by atoms with E-state index in [1.54, 1.807) is 0 Å². The van der Waals surface area contributed by atoms with Gasteiger partial charge < -0.3 is 0 Å². The van der Waals surface area contributed by atoms with Gasteiger partial charge >= 0.3 is 0 Å². The van der Waals surface area contributed by atoms with Crippen LogP contribution >= 0.6 is 15.9 Å². The Morgan fingerprint density at radius 1 is 1.16 bits per heavy atom. The van der Waals surface area contributed by atoms with E-state index in [9.17, 15) is 0 Å². The van der Waals surface area contributed by atoms with Crippen LogP contribution in [0.15, 0.2) is 10.7 Å². The molecule has 0 saturated carbocycles. The van der Waals surface area contributed by atoms with Crippen molar-refractivity contribution in [1.29, 1.82) is 0 Å². The number of aryl methyl sites for hydroxylation is 2. The normalized spacial score (nSPS) is 11.3. The highest BCUT2D eigenvalue weighted by Gasteiger charge is 2.13. The molecule has 0 amide bonds. The summed E-state index contributed by atoms with van der Waals surface area (Å²) in [6.45, 7) is 8.27. The zero-order valence-electron chi connectivity index (χ0n) is 11.7. The number of hydrogen-bond acceptors (Lipinski definition) is 4. The van der Waals surface area contributed by atoms with Crippen LogP contribution in [-0.2, 0) is 12.8 Å². The van der Waals surface area contributed by atoms with E-state index in [0.717, 1.165) is 40.7 Å². The minimum Gasteiger partial charge on any atom is -0.226 e. The maximum absolute atomic E-state index is 4.58. The van der Waals surface area contributed by atoms with Crippen LogP contribution in [0.3, 0.4) is 0 Å². The fourth-order valence-corrected chi connectivity index (χ4v) is 2.13. The molecule has 2 aromatic heterocycles. The van der Waals surface area contributed by atoms with Gasteiger partial charge in [-0.25, -0.2) is 15.0 Å². The van der Waals surface area contributed by atoms with Crippen LogP contribution in [0.2, 0.25) is 0 Å². The highest BCUT2D eigenvalue weighted by Crippen LogP contribution is 2.18. The number of rotatable bonds is 4. The molecule has 6 heteroatoms. The van der Waals surface area contributed by atoms with Gasteiger partial charge in [0, 0.05) is 24.8 Å². The van der Waals surface area contributed by atoms with Crippen molar-refractivity contribution >= 4 is 15.9 Å². The van der Waals surface area contributed by atoms with Crippen molar-refractivity contribution in [3.05, 3.63) is 28.1 Å². The smallest absolute Gasteiger partial charge is 0.160 e. The van der Waals surface area contributed by atoms with E-state index in [4.69, 9.17) is 0 Å². The molecule has 0 saturated heterocycles. The highest BCUT2D eigenvalue weighted by atomic mass is 79.9. The zero-order chi connectivity index (χ0) is 14.0. The fraction of sp³-hybridized carbons (Fsp3) is 0.538. The molecular formula is C13H18BrN5. The maximum Gasteiger partial charge on any atom is 0.160 e. The SMILES string of the molecule is CCc1nc(CC)n(-c2cc(Br)nc(C(C)C)n2)n1. The van der Waals surface area contributed by atoms with Gasteiger partial charge in [-0.05, 0) is 15.9 Å². The molecule has 0 radical (unpaired) electrons. The number of nitrogens with zero attached hydrogens (tertiary/aromatic N) is 5. The standard InChI is InChI=1S/C13H18BrN5/c1-5-10-16-11(6-2)19(18-10)12-7-9(14)15-13(17-12)8(3)4/h7-8H,5-6H2,1-4H3. The molecule has 0 bridgehead atoms. The van der Waals surface area contributed by atoms with E-state index < -0.39 is 0 Å². The Balaban J connectivity index is 2.54. The van der Waals surface area contributed by atoms with Crippen LogP contribution in [0.1, 0.15) is 51.1 Å². The van der Waals surface area contributed by atoms with E-state index in [1.807, 2.05) is 10.7 Å². The first-order chi connectivity index (χ1) is 9.05. The van der Waals surface area contributed by atoms with Gasteiger partial charge in [-0.2, -0.15) is 4.68 Å². The molecule has 5 nitrogen and oxygen atoms in total. The van der Waals surface area contributed by atoms with Gasteiger partial charge in [-0.15, -0.1) is 5.10 Å². The molecule has 0 aromatic carbocycles. The summed E-state index contributed by atoms with van der Waals surface area (Å²) in [7, 11) is 0. The van der Waals surface area contributed by atoms with Crippen molar-refractivity contribution < 1.29 is 0 Å². The molecule has 0 aliphatic heterocycles. The molecule has 0 unspecified atom stereocenters. The monoisotopic (exact) mass is 323 g/mol. The van der Waals surface area contributed by atoms with E-state index in [0.29, 0.717) is 0 Å². The van der Waals surface area contributed by atoms with Crippen LogP contribution in [0.25, 0.3) is 5.82 Å². The van der Waals surface area contributed by atoms with E-state index >= 15 is 0 Å². The van der Waals surface area contributed by atoms with Crippen LogP contribution in [0.5, 0.6) is 0 Å². The van der Waals surface area contributed by atoms with Gasteiger partial charge in [0.25, 0.3) is 0 Å². The Labute approximate surface area is 121 Å². The Kier molecular flexibility index (Phi) is 4.29. The van der Waals surface area contributed by atoms with Crippen LogP contribution in [0, 0.1) is 0 Å². The lowest BCUT2D eigenvalue weighted by Gasteiger charge is -2.08. The predicted molar refractivity (Wildman–Crippen MR) is 77.5 cm³/mol. The van der Waals surface area contributed by atoms with Gasteiger partial charge in [0.2, 0.25) is 0 Å². The van der Waals surface area contributed by atoms with Gasteiger partial charge in [-0.1, -0.05) is 27.7 Å². The van der Waals surface area contributed by atoms with Crippen molar-refractivity contribution in [2.75, 3.05) is 0 Å². The topological polar surface area (TPSA) is 56.5 Å². The average Bonchev–Trinajstić information content (AvgIpc) is 2.81. The molecule has 0 aliphatic carbocycles. The van der Waals surface area contributed by atoms with Gasteiger partial charge in [0.15, 0.2) is 11.6 Å². The predicted octanol–water partition coefficient (Wildman–Crippen LogP) is 3.07. The summed E-state index contributed by atoms with van der Waals surface area (Å²) in [5.41, 5.74) is 0. The van der Waals surface area contributed by atoms with Gasteiger partial charge in [0.1, 0.15) is 16.3 Å². The second-order valence-electron chi connectivity index (χ2n) is 4.62. The average molecular weight is 324 g/mol. The van der Waals surface area contributed by atoms with Crippen molar-refractivity contribution in [1.82, 2.24) is 24.7 Å². The third-order valence-electron chi connectivity index (χ3n) is 2.78. The first-order valence-electron chi connectivity index (χ1n) is 6.54. The first kappa shape index (κ1) is 14.1. The molecule has 102 valence electrons. The lowest BCUT2D eigenvalue weighted by molar-refractivity contribution is 0.718. The number of halogens is 1. The van der Waals surface area contributed by atoms with E-state index in [1.165, 1.54) is 0 Å². The Hall–Kier alpha value is -1.30. The van der Waals surface area contributed by atoms with E-state index in [-0.39, 0.29) is 5.92 Å². The van der Waals surface area contributed by atoms with Crippen molar-refractivity contribution in [2.45, 2.75) is 46.5 Å². The Bertz CT molecular complexity index is 576. The van der Waals surface area contributed by atoms with Crippen LogP contribution < -0.4 is 0 Å². The Morgan fingerprint density at radius 3 is 2.47 bits per heavy atom. The van der Waals surface area contributed by atoms with E-state index in [2.05, 4.69) is 63.7 Å². The molecule has 2 aromatic rings. The summed E-state index contributed by atoms with van der Waals surface area (Å²) in [5, 5.41) is 4.51. The molecule has 19 heavy (non-hydrogen) atoms. The maximum atomic E-state index is 4.58.